The van der Waals surface area contributed by atoms with Crippen LogP contribution in [0.2, 0.25) is 0 Å². The lowest BCUT2D eigenvalue weighted by molar-refractivity contribution is 0.435. The van der Waals surface area contributed by atoms with Gasteiger partial charge < -0.3 is 0 Å². The molecule has 1 aromatic heterocycles. The smallest absolute Gasteiger partial charge is 0.177 e. The second-order valence-corrected chi connectivity index (χ2v) is 8.08. The highest BCUT2D eigenvalue weighted by molar-refractivity contribution is 9.10. The summed E-state index contributed by atoms with van der Waals surface area (Å²) in [7, 11) is 0. The molecule has 0 spiro atoms. The highest BCUT2D eigenvalue weighted by Gasteiger charge is 2.40. The lowest BCUT2D eigenvalue weighted by atomic mass is 9.69. The Kier molecular flexibility index (Phi) is 5.15. The van der Waals surface area contributed by atoms with E-state index in [-0.39, 0.29) is 0 Å². The van der Waals surface area contributed by atoms with Crippen molar-refractivity contribution in [2.45, 2.75) is 25.7 Å². The maximum Gasteiger partial charge on any atom is 0.189 e. The van der Waals surface area contributed by atoms with E-state index in [2.05, 4.69) is 115 Å². The van der Waals surface area contributed by atoms with Crippen LogP contribution < -0.4 is 0 Å². The summed E-state index contributed by atoms with van der Waals surface area (Å²) in [4.78, 5) is 0. The number of nitrogens with zero attached hydrogens (tertiary/aromatic N) is 3. The molecule has 4 nitrogen and oxygen atoms in total. The van der Waals surface area contributed by atoms with Gasteiger partial charge in [-0.1, -0.05) is 75.2 Å². The molecule has 0 aliphatic carbocycles. The molecule has 0 unspecified atom stereocenters. The molecular weight excluding hydrogens is 432 g/mol. The van der Waals surface area contributed by atoms with Gasteiger partial charge in [-0.25, -0.2) is 0 Å². The van der Waals surface area contributed by atoms with Gasteiger partial charge in [-0.15, -0.1) is 10.2 Å². The first-order chi connectivity index (χ1) is 11.5. The molecular formula is C18H18Br2N4. The average Bonchev–Trinajstić information content (AvgIpc) is 3.09. The zero-order valence-corrected chi connectivity index (χ0v) is 16.7. The van der Waals surface area contributed by atoms with E-state index in [4.69, 9.17) is 0 Å². The Balaban J connectivity index is 2.28. The molecule has 124 valence electrons. The summed E-state index contributed by atoms with van der Waals surface area (Å²) < 4.78 is 2.10. The average molecular weight is 450 g/mol. The van der Waals surface area contributed by atoms with Gasteiger partial charge >= 0.3 is 0 Å². The van der Waals surface area contributed by atoms with Crippen molar-refractivity contribution in [2.75, 3.05) is 0 Å². The summed E-state index contributed by atoms with van der Waals surface area (Å²) in [5.74, 6) is 1.15. The van der Waals surface area contributed by atoms with Crippen LogP contribution in [0.1, 0.15) is 37.2 Å². The molecule has 3 rings (SSSR count). The van der Waals surface area contributed by atoms with Crippen LogP contribution in [-0.4, -0.2) is 20.6 Å². The number of H-pyrrole nitrogens is 1. The quantitative estimate of drug-likeness (QED) is 0.589. The van der Waals surface area contributed by atoms with E-state index >= 15 is 0 Å². The van der Waals surface area contributed by atoms with Crippen LogP contribution in [0.25, 0.3) is 0 Å². The topological polar surface area (TPSA) is 54.5 Å². The highest BCUT2D eigenvalue weighted by atomic mass is 79.9. The van der Waals surface area contributed by atoms with Gasteiger partial charge in [0.15, 0.2) is 5.82 Å². The third-order valence-electron chi connectivity index (χ3n) is 4.12. The van der Waals surface area contributed by atoms with Crippen molar-refractivity contribution < 1.29 is 0 Å². The Morgan fingerprint density at radius 2 is 1.42 bits per heavy atom. The van der Waals surface area contributed by atoms with Crippen LogP contribution in [-0.2, 0) is 5.41 Å². The van der Waals surface area contributed by atoms with Crippen LogP contribution in [0.15, 0.2) is 57.5 Å². The van der Waals surface area contributed by atoms with Gasteiger partial charge in [0.2, 0.25) is 0 Å². The molecule has 0 saturated carbocycles. The van der Waals surface area contributed by atoms with Gasteiger partial charge in [0, 0.05) is 8.95 Å². The standard InChI is InChI=1S/C18H18Br2N4/c1-12(2)11-18(17-21-23-24-22-17,13-3-7-15(19)8-4-13)14-5-9-16(20)10-6-14/h3-10,12H,11H2,1-2H3,(H,21,22,23,24). The number of aromatic nitrogens is 4. The number of rotatable bonds is 5. The molecule has 0 aliphatic rings. The van der Waals surface area contributed by atoms with Crippen molar-refractivity contribution >= 4 is 31.9 Å². The highest BCUT2D eigenvalue weighted by Crippen LogP contribution is 2.42. The predicted molar refractivity (Wildman–Crippen MR) is 102 cm³/mol. The number of benzene rings is 2. The van der Waals surface area contributed by atoms with Crippen LogP contribution in [0.5, 0.6) is 0 Å². The zero-order chi connectivity index (χ0) is 17.2. The van der Waals surface area contributed by atoms with Gasteiger partial charge in [0.05, 0.1) is 5.41 Å². The Morgan fingerprint density at radius 3 is 1.79 bits per heavy atom. The van der Waals surface area contributed by atoms with Gasteiger partial charge in [0.1, 0.15) is 0 Å². The fourth-order valence-corrected chi connectivity index (χ4v) is 3.70. The lowest BCUT2D eigenvalue weighted by Gasteiger charge is -2.34. The minimum atomic E-state index is -0.442. The summed E-state index contributed by atoms with van der Waals surface area (Å²) in [6.45, 7) is 4.43. The van der Waals surface area contributed by atoms with Gasteiger partial charge in [-0.3, -0.25) is 0 Å². The zero-order valence-electron chi connectivity index (χ0n) is 13.5. The summed E-state index contributed by atoms with van der Waals surface area (Å²) in [6.07, 6.45) is 0.885. The molecule has 0 atom stereocenters. The van der Waals surface area contributed by atoms with Crippen molar-refractivity contribution in [3.63, 3.8) is 0 Å². The molecule has 1 N–H and O–H groups in total. The molecule has 0 radical (unpaired) electrons. The molecule has 2 aromatic carbocycles. The normalized spacial score (nSPS) is 11.9. The Bertz CT molecular complexity index is 735. The van der Waals surface area contributed by atoms with Gasteiger partial charge in [-0.2, -0.15) is 5.21 Å². The van der Waals surface area contributed by atoms with E-state index in [1.54, 1.807) is 0 Å². The van der Waals surface area contributed by atoms with Crippen molar-refractivity contribution in [1.82, 2.24) is 20.6 Å². The van der Waals surface area contributed by atoms with E-state index in [1.165, 1.54) is 0 Å². The molecule has 0 aliphatic heterocycles. The van der Waals surface area contributed by atoms with E-state index in [1.807, 2.05) is 0 Å². The molecule has 1 heterocycles. The Morgan fingerprint density at radius 1 is 0.917 bits per heavy atom. The second-order valence-electron chi connectivity index (χ2n) is 6.25. The molecule has 0 amide bonds. The summed E-state index contributed by atoms with van der Waals surface area (Å²) in [5.41, 5.74) is 1.87. The summed E-state index contributed by atoms with van der Waals surface area (Å²) in [6, 6.07) is 16.8. The predicted octanol–water partition coefficient (Wildman–Crippen LogP) is 5.11. The van der Waals surface area contributed by atoms with E-state index in [9.17, 15) is 0 Å². The summed E-state index contributed by atoms with van der Waals surface area (Å²) >= 11 is 7.04. The third kappa shape index (κ3) is 3.30. The third-order valence-corrected chi connectivity index (χ3v) is 5.17. The molecule has 24 heavy (non-hydrogen) atoms. The first-order valence-electron chi connectivity index (χ1n) is 7.78. The maximum atomic E-state index is 4.37. The number of tetrazole rings is 1. The van der Waals surface area contributed by atoms with Crippen LogP contribution in [0, 0.1) is 5.92 Å². The fourth-order valence-electron chi connectivity index (χ4n) is 3.18. The van der Waals surface area contributed by atoms with Crippen LogP contribution >= 0.6 is 31.9 Å². The van der Waals surface area contributed by atoms with Crippen molar-refractivity contribution in [1.29, 1.82) is 0 Å². The lowest BCUT2D eigenvalue weighted by Crippen LogP contribution is -2.32. The molecule has 6 heteroatoms. The minimum absolute atomic E-state index is 0.442. The molecule has 3 aromatic rings. The van der Waals surface area contributed by atoms with Crippen molar-refractivity contribution in [3.8, 4) is 0 Å². The van der Waals surface area contributed by atoms with Crippen molar-refractivity contribution in [3.05, 3.63) is 74.4 Å². The van der Waals surface area contributed by atoms with Crippen molar-refractivity contribution in [2.24, 2.45) is 5.92 Å². The minimum Gasteiger partial charge on any atom is -0.177 e. The van der Waals surface area contributed by atoms with E-state index in [0.717, 1.165) is 26.5 Å². The van der Waals surface area contributed by atoms with E-state index in [0.29, 0.717) is 11.7 Å². The van der Waals surface area contributed by atoms with Crippen LogP contribution in [0.3, 0.4) is 0 Å². The SMILES string of the molecule is CC(C)CC(c1ccc(Br)cc1)(c1ccc(Br)cc1)c1nn[nH]n1. The molecule has 0 bridgehead atoms. The number of hydrogen-bond donors (Lipinski definition) is 1. The first kappa shape index (κ1) is 17.3. The first-order valence-corrected chi connectivity index (χ1v) is 9.37. The number of hydrogen-bond acceptors (Lipinski definition) is 3. The maximum absolute atomic E-state index is 4.37. The molecule has 0 fully saturated rings. The van der Waals surface area contributed by atoms with Gasteiger partial charge in [0.25, 0.3) is 0 Å². The Hall–Kier alpha value is -1.53. The second kappa shape index (κ2) is 7.15. The fraction of sp³-hybridized carbons (Fsp3) is 0.278. The largest absolute Gasteiger partial charge is 0.189 e. The Labute approximate surface area is 158 Å². The van der Waals surface area contributed by atoms with Gasteiger partial charge in [-0.05, 0) is 47.7 Å². The number of aromatic amines is 1. The number of halogens is 2. The van der Waals surface area contributed by atoms with E-state index < -0.39 is 5.41 Å². The number of nitrogens with one attached hydrogen (secondary N) is 1. The summed E-state index contributed by atoms with van der Waals surface area (Å²) in [5, 5.41) is 15.2. The monoisotopic (exact) mass is 448 g/mol. The molecule has 0 saturated heterocycles. The van der Waals surface area contributed by atoms with Crippen LogP contribution in [0.4, 0.5) is 0 Å².